The molecule has 0 heterocycles. The first kappa shape index (κ1) is 9.47. The summed E-state index contributed by atoms with van der Waals surface area (Å²) >= 11 is 0. The topological polar surface area (TPSA) is 26.0 Å². The zero-order chi connectivity index (χ0) is 9.97. The van der Waals surface area contributed by atoms with Crippen LogP contribution in [0, 0.1) is 5.92 Å². The molecule has 1 aromatic carbocycles. The molecule has 1 aliphatic rings. The van der Waals surface area contributed by atoms with Gasteiger partial charge < -0.3 is 5.73 Å². The molecular weight excluding hydrogens is 170 g/mol. The molecule has 14 heavy (non-hydrogen) atoms. The van der Waals surface area contributed by atoms with Gasteiger partial charge in [-0.2, -0.15) is 0 Å². The van der Waals surface area contributed by atoms with Crippen LogP contribution in [0.2, 0.25) is 0 Å². The first-order chi connectivity index (χ1) is 6.77. The van der Waals surface area contributed by atoms with Crippen LogP contribution in [-0.2, 0) is 0 Å². The summed E-state index contributed by atoms with van der Waals surface area (Å²) < 4.78 is 0. The molecule has 1 aromatic rings. The Bertz CT molecular complexity index is 335. The zero-order valence-electron chi connectivity index (χ0n) is 8.61. The van der Waals surface area contributed by atoms with Gasteiger partial charge in [0.15, 0.2) is 0 Å². The average molecular weight is 187 g/mol. The molecule has 1 atom stereocenters. The number of hydrogen-bond donors (Lipinski definition) is 1. The molecule has 2 rings (SSSR count). The number of rotatable bonds is 3. The molecule has 1 saturated carbocycles. The lowest BCUT2D eigenvalue weighted by Crippen LogP contribution is -2.06. The van der Waals surface area contributed by atoms with Crippen molar-refractivity contribution in [3.8, 4) is 0 Å². The van der Waals surface area contributed by atoms with Gasteiger partial charge in [-0.1, -0.05) is 36.4 Å². The van der Waals surface area contributed by atoms with Crippen molar-refractivity contribution < 1.29 is 0 Å². The van der Waals surface area contributed by atoms with Crippen LogP contribution in [0.1, 0.15) is 36.9 Å². The van der Waals surface area contributed by atoms with E-state index in [9.17, 15) is 0 Å². The van der Waals surface area contributed by atoms with E-state index in [2.05, 4.69) is 30.4 Å². The molecule has 0 radical (unpaired) electrons. The highest BCUT2D eigenvalue weighted by Crippen LogP contribution is 2.31. The van der Waals surface area contributed by atoms with E-state index >= 15 is 0 Å². The Morgan fingerprint density at radius 2 is 2.07 bits per heavy atom. The van der Waals surface area contributed by atoms with Crippen molar-refractivity contribution in [3.05, 3.63) is 41.5 Å². The van der Waals surface area contributed by atoms with Crippen LogP contribution in [-0.4, -0.2) is 0 Å². The molecule has 1 aliphatic carbocycles. The Labute approximate surface area is 85.6 Å². The van der Waals surface area contributed by atoms with Crippen molar-refractivity contribution >= 4 is 6.08 Å². The third kappa shape index (κ3) is 2.24. The maximum absolute atomic E-state index is 5.90. The molecule has 1 nitrogen and oxygen atoms in total. The minimum absolute atomic E-state index is 0.120. The maximum Gasteiger partial charge on any atom is 0.0272 e. The van der Waals surface area contributed by atoms with Crippen molar-refractivity contribution in [1.29, 1.82) is 0 Å². The largest absolute Gasteiger partial charge is 0.324 e. The van der Waals surface area contributed by atoms with Gasteiger partial charge >= 0.3 is 0 Å². The summed E-state index contributed by atoms with van der Waals surface area (Å²) in [5, 5.41) is 0. The molecule has 2 N–H and O–H groups in total. The number of allylic oxidation sites excluding steroid dienone is 1. The second-order valence-electron chi connectivity index (χ2n) is 4.11. The predicted octanol–water partition coefficient (Wildman–Crippen LogP) is 3.13. The van der Waals surface area contributed by atoms with E-state index < -0.39 is 0 Å². The molecule has 0 aromatic heterocycles. The van der Waals surface area contributed by atoms with Gasteiger partial charge in [-0.25, -0.2) is 0 Å². The highest BCUT2D eigenvalue weighted by molar-refractivity contribution is 5.55. The Balaban J connectivity index is 2.21. The number of benzene rings is 1. The van der Waals surface area contributed by atoms with Crippen LogP contribution < -0.4 is 5.73 Å². The van der Waals surface area contributed by atoms with Gasteiger partial charge in [0, 0.05) is 6.04 Å². The summed E-state index contributed by atoms with van der Waals surface area (Å²) in [6, 6.07) is 8.48. The molecule has 74 valence electrons. The predicted molar refractivity (Wildman–Crippen MR) is 60.8 cm³/mol. The first-order valence-corrected chi connectivity index (χ1v) is 5.30. The summed E-state index contributed by atoms with van der Waals surface area (Å²) in [6.45, 7) is 2.03. The quantitative estimate of drug-likeness (QED) is 0.773. The van der Waals surface area contributed by atoms with Crippen LogP contribution >= 0.6 is 0 Å². The van der Waals surface area contributed by atoms with Crippen LogP contribution in [0.4, 0.5) is 0 Å². The van der Waals surface area contributed by atoms with Gasteiger partial charge in [0.05, 0.1) is 0 Å². The van der Waals surface area contributed by atoms with Crippen molar-refractivity contribution in [2.75, 3.05) is 0 Å². The van der Waals surface area contributed by atoms with Gasteiger partial charge in [-0.3, -0.25) is 0 Å². The summed E-state index contributed by atoms with van der Waals surface area (Å²) in [5.41, 5.74) is 8.42. The third-order valence-corrected chi connectivity index (χ3v) is 2.66. The van der Waals surface area contributed by atoms with Crippen LogP contribution in [0.3, 0.4) is 0 Å². The Kier molecular flexibility index (Phi) is 2.69. The van der Waals surface area contributed by atoms with Gasteiger partial charge in [-0.15, -0.1) is 0 Å². The minimum atomic E-state index is 0.120. The molecule has 1 heteroatoms. The van der Waals surface area contributed by atoms with Gasteiger partial charge in [-0.05, 0) is 36.8 Å². The summed E-state index contributed by atoms with van der Waals surface area (Å²) in [5.74, 6) is 0.830. The zero-order valence-corrected chi connectivity index (χ0v) is 8.61. The smallest absolute Gasteiger partial charge is 0.0272 e. The lowest BCUT2D eigenvalue weighted by atomic mass is 10.0. The van der Waals surface area contributed by atoms with E-state index in [0.717, 1.165) is 5.92 Å². The second kappa shape index (κ2) is 3.97. The van der Waals surface area contributed by atoms with Crippen molar-refractivity contribution in [1.82, 2.24) is 0 Å². The minimum Gasteiger partial charge on any atom is -0.324 e. The lowest BCUT2D eigenvalue weighted by molar-refractivity contribution is 0.816. The molecule has 0 amide bonds. The summed E-state index contributed by atoms with van der Waals surface area (Å²) in [6.07, 6.45) is 7.24. The molecule has 0 bridgehead atoms. The van der Waals surface area contributed by atoms with E-state index in [1.54, 1.807) is 0 Å². The molecule has 0 saturated heterocycles. The van der Waals surface area contributed by atoms with E-state index in [-0.39, 0.29) is 6.04 Å². The van der Waals surface area contributed by atoms with Crippen LogP contribution in [0.5, 0.6) is 0 Å². The Morgan fingerprint density at radius 1 is 1.36 bits per heavy atom. The molecule has 0 aliphatic heterocycles. The average Bonchev–Trinajstić information content (AvgIpc) is 2.98. The van der Waals surface area contributed by atoms with Gasteiger partial charge in [0.25, 0.3) is 0 Å². The first-order valence-electron chi connectivity index (χ1n) is 5.30. The fourth-order valence-electron chi connectivity index (χ4n) is 1.61. The van der Waals surface area contributed by atoms with Crippen LogP contribution in [0.15, 0.2) is 30.3 Å². The summed E-state index contributed by atoms with van der Waals surface area (Å²) in [4.78, 5) is 0. The van der Waals surface area contributed by atoms with E-state index in [4.69, 9.17) is 5.73 Å². The second-order valence-corrected chi connectivity index (χ2v) is 4.11. The van der Waals surface area contributed by atoms with Crippen molar-refractivity contribution in [2.24, 2.45) is 11.7 Å². The maximum atomic E-state index is 5.90. The third-order valence-electron chi connectivity index (χ3n) is 2.66. The fraction of sp³-hybridized carbons (Fsp3) is 0.385. The van der Waals surface area contributed by atoms with Crippen molar-refractivity contribution in [3.63, 3.8) is 0 Å². The SMILES string of the molecule is C[C@H](N)c1ccccc1/C=C/C1CC1. The molecular formula is C13H17N. The van der Waals surface area contributed by atoms with Crippen molar-refractivity contribution in [2.45, 2.75) is 25.8 Å². The number of hydrogen-bond acceptors (Lipinski definition) is 1. The van der Waals surface area contributed by atoms with Gasteiger partial charge in [0.1, 0.15) is 0 Å². The number of nitrogens with two attached hydrogens (primary N) is 1. The van der Waals surface area contributed by atoms with Crippen LogP contribution in [0.25, 0.3) is 6.08 Å². The van der Waals surface area contributed by atoms with E-state index in [0.29, 0.717) is 0 Å². The molecule has 0 unspecified atom stereocenters. The normalized spacial score (nSPS) is 18.7. The standard InChI is InChI=1S/C13H17N/c1-10(14)13-5-3-2-4-12(13)9-8-11-6-7-11/h2-5,8-11H,6-7,14H2,1H3/b9-8+/t10-/m0/s1. The summed E-state index contributed by atoms with van der Waals surface area (Å²) in [7, 11) is 0. The highest BCUT2D eigenvalue weighted by Gasteiger charge is 2.17. The monoisotopic (exact) mass is 187 g/mol. The lowest BCUT2D eigenvalue weighted by Gasteiger charge is -2.08. The highest BCUT2D eigenvalue weighted by atomic mass is 14.6. The fourth-order valence-corrected chi connectivity index (χ4v) is 1.61. The molecule has 1 fully saturated rings. The Hall–Kier alpha value is -1.08. The molecule has 0 spiro atoms. The Morgan fingerprint density at radius 3 is 2.71 bits per heavy atom. The van der Waals surface area contributed by atoms with E-state index in [1.807, 2.05) is 13.0 Å². The van der Waals surface area contributed by atoms with E-state index in [1.165, 1.54) is 24.0 Å². The van der Waals surface area contributed by atoms with Gasteiger partial charge in [0.2, 0.25) is 0 Å².